The van der Waals surface area contributed by atoms with Crippen LogP contribution >= 0.6 is 12.4 Å². The van der Waals surface area contributed by atoms with Crippen molar-refractivity contribution in [3.05, 3.63) is 35.1 Å². The number of carbonyl (C=O) groups excluding carboxylic acids is 1. The van der Waals surface area contributed by atoms with Gasteiger partial charge in [-0.1, -0.05) is 12.1 Å². The average Bonchev–Trinajstić information content (AvgIpc) is 3.07. The Morgan fingerprint density at radius 1 is 1.25 bits per heavy atom. The number of fused-ring (bicyclic) bond motifs is 3. The van der Waals surface area contributed by atoms with Crippen molar-refractivity contribution in [3.63, 3.8) is 0 Å². The molecule has 130 valence electrons. The summed E-state index contributed by atoms with van der Waals surface area (Å²) in [6.45, 7) is 4.14. The Bertz CT molecular complexity index is 743. The summed E-state index contributed by atoms with van der Waals surface area (Å²) in [5, 5.41) is 7.90. The van der Waals surface area contributed by atoms with Crippen LogP contribution in [-0.4, -0.2) is 24.0 Å². The van der Waals surface area contributed by atoms with Gasteiger partial charge in [0, 0.05) is 29.1 Å². The summed E-state index contributed by atoms with van der Waals surface area (Å²) < 4.78 is 5.71. The smallest absolute Gasteiger partial charge is 0.224 e. The third kappa shape index (κ3) is 3.17. The number of benzene rings is 1. The van der Waals surface area contributed by atoms with Crippen LogP contribution in [0.5, 0.6) is 0 Å². The van der Waals surface area contributed by atoms with Crippen molar-refractivity contribution in [3.8, 4) is 0 Å². The number of amides is 1. The summed E-state index contributed by atoms with van der Waals surface area (Å²) in [7, 11) is 0. The van der Waals surface area contributed by atoms with Gasteiger partial charge in [-0.3, -0.25) is 4.79 Å². The summed E-state index contributed by atoms with van der Waals surface area (Å²) in [6.07, 6.45) is 6.76. The first-order valence-electron chi connectivity index (χ1n) is 8.62. The summed E-state index contributed by atoms with van der Waals surface area (Å²) in [6, 6.07) is 5.68. The van der Waals surface area contributed by atoms with E-state index in [0.29, 0.717) is 24.5 Å². The molecule has 24 heavy (non-hydrogen) atoms. The van der Waals surface area contributed by atoms with Gasteiger partial charge in [0.05, 0.1) is 12.7 Å². The van der Waals surface area contributed by atoms with Crippen LogP contribution in [0.25, 0.3) is 11.0 Å². The Balaban J connectivity index is 0.00000169. The van der Waals surface area contributed by atoms with Gasteiger partial charge in [-0.25, -0.2) is 0 Å². The van der Waals surface area contributed by atoms with E-state index < -0.39 is 0 Å². The molecule has 2 aromatic rings. The fourth-order valence-corrected chi connectivity index (χ4v) is 4.15. The number of furan rings is 1. The highest BCUT2D eigenvalue weighted by atomic mass is 35.5. The molecule has 2 N–H and O–H groups in total. The van der Waals surface area contributed by atoms with Crippen molar-refractivity contribution in [1.82, 2.24) is 10.6 Å². The molecule has 2 atom stereocenters. The fraction of sp³-hybridized carbons (Fsp3) is 0.526. The second-order valence-electron chi connectivity index (χ2n) is 7.20. The first-order chi connectivity index (χ1) is 11.1. The van der Waals surface area contributed by atoms with Crippen molar-refractivity contribution in [2.24, 2.45) is 0 Å². The molecule has 0 saturated carbocycles. The lowest BCUT2D eigenvalue weighted by atomic mass is 9.99. The van der Waals surface area contributed by atoms with Gasteiger partial charge in [0.1, 0.15) is 5.58 Å². The predicted molar refractivity (Wildman–Crippen MR) is 97.8 cm³/mol. The molecular weight excluding hydrogens is 324 g/mol. The van der Waals surface area contributed by atoms with Crippen molar-refractivity contribution in [2.75, 3.05) is 0 Å². The molecule has 0 aliphatic carbocycles. The molecule has 2 aliphatic rings. The Kier molecular flexibility index (Phi) is 4.88. The first kappa shape index (κ1) is 17.3. The number of hydrogen-bond donors (Lipinski definition) is 2. The zero-order chi connectivity index (χ0) is 16.0. The molecule has 1 aromatic heterocycles. The van der Waals surface area contributed by atoms with Gasteiger partial charge in [-0.2, -0.15) is 0 Å². The largest absolute Gasteiger partial charge is 0.464 e. The van der Waals surface area contributed by atoms with E-state index in [2.05, 4.69) is 36.6 Å². The van der Waals surface area contributed by atoms with Crippen LogP contribution in [0, 0.1) is 13.8 Å². The number of nitrogens with one attached hydrogen (secondary N) is 2. The summed E-state index contributed by atoms with van der Waals surface area (Å²) in [4.78, 5) is 12.4. The van der Waals surface area contributed by atoms with E-state index in [1.165, 1.54) is 18.4 Å². The van der Waals surface area contributed by atoms with E-state index in [1.54, 1.807) is 6.26 Å². The lowest BCUT2D eigenvalue weighted by Gasteiger charge is -2.29. The minimum Gasteiger partial charge on any atom is -0.464 e. The van der Waals surface area contributed by atoms with Crippen LogP contribution in [0.4, 0.5) is 0 Å². The molecule has 3 heterocycles. The second kappa shape index (κ2) is 6.77. The van der Waals surface area contributed by atoms with E-state index in [1.807, 2.05) is 0 Å². The highest BCUT2D eigenvalue weighted by Gasteiger charge is 2.34. The molecule has 5 heteroatoms. The van der Waals surface area contributed by atoms with Crippen LogP contribution < -0.4 is 10.6 Å². The van der Waals surface area contributed by atoms with Crippen molar-refractivity contribution < 1.29 is 9.21 Å². The van der Waals surface area contributed by atoms with Gasteiger partial charge in [0.15, 0.2) is 0 Å². The molecular formula is C19H25ClN2O2. The Morgan fingerprint density at radius 3 is 2.67 bits per heavy atom. The molecule has 1 amide bonds. The molecule has 2 aliphatic heterocycles. The van der Waals surface area contributed by atoms with E-state index in [9.17, 15) is 4.79 Å². The quantitative estimate of drug-likeness (QED) is 0.893. The van der Waals surface area contributed by atoms with Crippen LogP contribution in [0.15, 0.2) is 22.8 Å². The molecule has 1 aromatic carbocycles. The van der Waals surface area contributed by atoms with Gasteiger partial charge in [0.2, 0.25) is 5.91 Å². The average molecular weight is 349 g/mol. The van der Waals surface area contributed by atoms with Gasteiger partial charge in [-0.05, 0) is 50.7 Å². The molecule has 2 bridgehead atoms. The Labute approximate surface area is 148 Å². The van der Waals surface area contributed by atoms with Gasteiger partial charge < -0.3 is 15.1 Å². The third-order valence-corrected chi connectivity index (χ3v) is 5.53. The zero-order valence-electron chi connectivity index (χ0n) is 14.2. The second-order valence-corrected chi connectivity index (χ2v) is 7.20. The number of rotatable bonds is 3. The van der Waals surface area contributed by atoms with Gasteiger partial charge >= 0.3 is 0 Å². The van der Waals surface area contributed by atoms with E-state index >= 15 is 0 Å². The minimum absolute atomic E-state index is 0. The van der Waals surface area contributed by atoms with Crippen LogP contribution in [-0.2, 0) is 11.2 Å². The Hall–Kier alpha value is -1.52. The lowest BCUT2D eigenvalue weighted by molar-refractivity contribution is -0.121. The number of hydrogen-bond acceptors (Lipinski definition) is 3. The lowest BCUT2D eigenvalue weighted by Crippen LogP contribution is -2.48. The summed E-state index contributed by atoms with van der Waals surface area (Å²) >= 11 is 0. The SMILES string of the molecule is Cc1ccc2c(CC(=O)NC3CC4CCC(C3)N4)coc2c1C.Cl. The minimum atomic E-state index is 0. The van der Waals surface area contributed by atoms with E-state index in [4.69, 9.17) is 4.42 Å². The van der Waals surface area contributed by atoms with E-state index in [-0.39, 0.29) is 18.3 Å². The number of piperidine rings is 1. The van der Waals surface area contributed by atoms with Crippen molar-refractivity contribution in [1.29, 1.82) is 0 Å². The van der Waals surface area contributed by atoms with Crippen LogP contribution in [0.2, 0.25) is 0 Å². The van der Waals surface area contributed by atoms with Crippen molar-refractivity contribution >= 4 is 29.3 Å². The molecule has 4 rings (SSSR count). The maximum Gasteiger partial charge on any atom is 0.224 e. The van der Waals surface area contributed by atoms with Crippen LogP contribution in [0.3, 0.4) is 0 Å². The Morgan fingerprint density at radius 2 is 1.96 bits per heavy atom. The maximum absolute atomic E-state index is 12.4. The molecule has 2 fully saturated rings. The topological polar surface area (TPSA) is 54.3 Å². The fourth-order valence-electron chi connectivity index (χ4n) is 4.15. The molecule has 4 nitrogen and oxygen atoms in total. The monoisotopic (exact) mass is 348 g/mol. The molecule has 2 unspecified atom stereocenters. The zero-order valence-corrected chi connectivity index (χ0v) is 15.0. The highest BCUT2D eigenvalue weighted by Crippen LogP contribution is 2.28. The number of carbonyl (C=O) groups is 1. The van der Waals surface area contributed by atoms with Crippen LogP contribution in [0.1, 0.15) is 42.4 Å². The predicted octanol–water partition coefficient (Wildman–Crippen LogP) is 3.41. The van der Waals surface area contributed by atoms with Crippen molar-refractivity contribution in [2.45, 2.75) is 64.1 Å². The van der Waals surface area contributed by atoms with Gasteiger partial charge in [-0.15, -0.1) is 12.4 Å². The van der Waals surface area contributed by atoms with E-state index in [0.717, 1.165) is 34.9 Å². The molecule has 0 spiro atoms. The number of aryl methyl sites for hydroxylation is 2. The normalized spacial score (nSPS) is 25.5. The third-order valence-electron chi connectivity index (χ3n) is 5.53. The summed E-state index contributed by atoms with van der Waals surface area (Å²) in [5.74, 6) is 0.109. The number of halogens is 1. The molecule has 0 radical (unpaired) electrons. The van der Waals surface area contributed by atoms with Gasteiger partial charge in [0.25, 0.3) is 0 Å². The maximum atomic E-state index is 12.4. The summed E-state index contributed by atoms with van der Waals surface area (Å²) in [5.41, 5.74) is 4.27. The first-order valence-corrected chi connectivity index (χ1v) is 8.62. The standard InChI is InChI=1S/C19H24N2O2.ClH/c1-11-3-6-17-13(10-23-19(17)12(11)2)7-18(22)21-16-8-14-4-5-15(9-16)20-14;/h3,6,10,14-16,20H,4-5,7-9H2,1-2H3,(H,21,22);1H. The molecule has 2 saturated heterocycles. The highest BCUT2D eigenvalue weighted by molar-refractivity contribution is 5.89.